The zero-order valence-electron chi connectivity index (χ0n) is 23.1. The molecule has 1 fully saturated rings. The number of benzene rings is 1. The fourth-order valence-corrected chi connectivity index (χ4v) is 5.71. The van der Waals surface area contributed by atoms with Crippen LogP contribution in [0.25, 0.3) is 10.9 Å². The number of nitrogens with zero attached hydrogens (tertiary/aromatic N) is 3. The minimum Gasteiger partial charge on any atom is -0.494 e. The molecule has 3 amide bonds. The lowest BCUT2D eigenvalue weighted by atomic mass is 9.81. The number of aromatic nitrogens is 1. The molecule has 38 heavy (non-hydrogen) atoms. The predicted molar refractivity (Wildman–Crippen MR) is 153 cm³/mol. The van der Waals surface area contributed by atoms with Gasteiger partial charge in [-0.2, -0.15) is 0 Å². The first-order chi connectivity index (χ1) is 18.3. The van der Waals surface area contributed by atoms with Gasteiger partial charge < -0.3 is 14.6 Å². The van der Waals surface area contributed by atoms with Gasteiger partial charge in [-0.25, -0.2) is 4.79 Å². The number of carbonyl (C=O) groups is 2. The number of nitrogens with one attached hydrogen (secondary N) is 1. The highest BCUT2D eigenvalue weighted by Crippen LogP contribution is 2.49. The minimum absolute atomic E-state index is 0.150. The van der Waals surface area contributed by atoms with E-state index in [2.05, 4.69) is 30.0 Å². The van der Waals surface area contributed by atoms with E-state index in [4.69, 9.17) is 4.74 Å². The van der Waals surface area contributed by atoms with E-state index >= 15 is 0 Å². The molecule has 1 saturated heterocycles. The number of H-pyrrole nitrogens is 1. The highest BCUT2D eigenvalue weighted by molar-refractivity contribution is 6.08. The van der Waals surface area contributed by atoms with Crippen LogP contribution in [0.5, 0.6) is 5.75 Å². The fraction of sp³-hybridized carbons (Fsp3) is 0.419. The SMILES string of the molecule is C=CCCN(CC)CCN1C(=O)N2[C@H](/C(C=C)=C/C=C\C)c3[nH]c4ccc(OCC)cc4c3C[C@@]2(C)C1=O. The van der Waals surface area contributed by atoms with Crippen molar-refractivity contribution >= 4 is 22.8 Å². The number of rotatable bonds is 12. The van der Waals surface area contributed by atoms with E-state index in [1.807, 2.05) is 63.3 Å². The summed E-state index contributed by atoms with van der Waals surface area (Å²) in [4.78, 5) is 37.1. The highest BCUT2D eigenvalue weighted by atomic mass is 16.5. The van der Waals surface area contributed by atoms with Gasteiger partial charge in [-0.15, -0.1) is 6.58 Å². The molecule has 2 aromatic rings. The third kappa shape index (κ3) is 4.71. The lowest BCUT2D eigenvalue weighted by molar-refractivity contribution is -0.133. The molecule has 0 spiro atoms. The Morgan fingerprint density at radius 3 is 2.71 bits per heavy atom. The van der Waals surface area contributed by atoms with Crippen LogP contribution in [0, 0.1) is 0 Å². The molecular formula is C31H40N4O3. The summed E-state index contributed by atoms with van der Waals surface area (Å²) < 4.78 is 5.78. The van der Waals surface area contributed by atoms with Gasteiger partial charge in [0.25, 0.3) is 5.91 Å². The number of fused-ring (bicyclic) bond motifs is 4. The van der Waals surface area contributed by atoms with Gasteiger partial charge >= 0.3 is 6.03 Å². The Bertz CT molecular complexity index is 1290. The van der Waals surface area contributed by atoms with Crippen LogP contribution in [0.1, 0.15) is 51.4 Å². The molecule has 0 aliphatic carbocycles. The molecule has 2 aliphatic heterocycles. The second-order valence-electron chi connectivity index (χ2n) is 10.0. The van der Waals surface area contributed by atoms with E-state index in [0.717, 1.165) is 53.0 Å². The van der Waals surface area contributed by atoms with E-state index in [1.54, 1.807) is 11.0 Å². The van der Waals surface area contributed by atoms with Gasteiger partial charge in [-0.1, -0.05) is 43.9 Å². The van der Waals surface area contributed by atoms with Crippen molar-refractivity contribution in [2.24, 2.45) is 0 Å². The number of likely N-dealkylation sites (N-methyl/N-ethyl adjacent to an activating group) is 1. The monoisotopic (exact) mass is 516 g/mol. The zero-order valence-corrected chi connectivity index (χ0v) is 23.1. The average Bonchev–Trinajstić information content (AvgIpc) is 3.35. The van der Waals surface area contributed by atoms with Gasteiger partial charge in [0.15, 0.2) is 0 Å². The largest absolute Gasteiger partial charge is 0.494 e. The van der Waals surface area contributed by atoms with Crippen LogP contribution in [0.15, 0.2) is 67.3 Å². The van der Waals surface area contributed by atoms with Crippen molar-refractivity contribution in [3.8, 4) is 5.75 Å². The number of imide groups is 1. The van der Waals surface area contributed by atoms with Crippen molar-refractivity contribution in [1.82, 2.24) is 19.7 Å². The third-order valence-electron chi connectivity index (χ3n) is 7.72. The van der Waals surface area contributed by atoms with Crippen molar-refractivity contribution in [2.75, 3.05) is 32.8 Å². The molecule has 3 heterocycles. The van der Waals surface area contributed by atoms with Gasteiger partial charge in [0.05, 0.1) is 6.61 Å². The molecule has 7 nitrogen and oxygen atoms in total. The van der Waals surface area contributed by atoms with Gasteiger partial charge in [0.1, 0.15) is 17.3 Å². The molecule has 7 heteroatoms. The summed E-state index contributed by atoms with van der Waals surface area (Å²) in [6.07, 6.45) is 10.8. The second kappa shape index (κ2) is 11.4. The Balaban J connectivity index is 1.80. The summed E-state index contributed by atoms with van der Waals surface area (Å²) in [6, 6.07) is 5.26. The first-order valence-corrected chi connectivity index (χ1v) is 13.6. The second-order valence-corrected chi connectivity index (χ2v) is 10.0. The van der Waals surface area contributed by atoms with Crippen LogP contribution in [0.2, 0.25) is 0 Å². The van der Waals surface area contributed by atoms with E-state index < -0.39 is 11.6 Å². The standard InChI is InChI=1S/C31H40N4O3/c1-7-12-14-22(9-3)28-27-25(24-20-23(38-11-5)15-16-26(24)32-27)21-31(6)29(36)34(30(37)35(28)31)19-18-33(10-4)17-13-8-2/h7-9,12,14-16,20,28,32H,2-3,10-11,13,17-19,21H2,1,4-6H3/b12-7-,22-14+/t28-,31+/m1/s1. The topological polar surface area (TPSA) is 68.9 Å². The summed E-state index contributed by atoms with van der Waals surface area (Å²) >= 11 is 0. The van der Waals surface area contributed by atoms with Crippen LogP contribution >= 0.6 is 0 Å². The normalized spacial score (nSPS) is 21.5. The molecule has 202 valence electrons. The molecule has 1 aromatic heterocycles. The molecular weight excluding hydrogens is 476 g/mol. The van der Waals surface area contributed by atoms with Gasteiger partial charge in [0.2, 0.25) is 0 Å². The van der Waals surface area contributed by atoms with Crippen molar-refractivity contribution < 1.29 is 14.3 Å². The maximum Gasteiger partial charge on any atom is 0.328 e. The van der Waals surface area contributed by atoms with Crippen molar-refractivity contribution in [3.05, 3.63) is 78.6 Å². The average molecular weight is 517 g/mol. The molecule has 0 unspecified atom stereocenters. The number of carbonyl (C=O) groups excluding carboxylic acids is 2. The summed E-state index contributed by atoms with van der Waals surface area (Å²) in [5.74, 6) is 0.636. The van der Waals surface area contributed by atoms with Crippen LogP contribution in [0.3, 0.4) is 0 Å². The minimum atomic E-state index is -1.01. The molecule has 1 aromatic carbocycles. The molecule has 2 aliphatic rings. The lowest BCUT2D eigenvalue weighted by Gasteiger charge is -2.42. The first kappa shape index (κ1) is 27.5. The first-order valence-electron chi connectivity index (χ1n) is 13.6. The number of hydrogen-bond acceptors (Lipinski definition) is 4. The summed E-state index contributed by atoms with van der Waals surface area (Å²) in [5.41, 5.74) is 2.77. The van der Waals surface area contributed by atoms with Gasteiger partial charge in [-0.05, 0) is 63.1 Å². The molecule has 0 radical (unpaired) electrons. The molecule has 1 N–H and O–H groups in total. The smallest absolute Gasteiger partial charge is 0.328 e. The third-order valence-corrected chi connectivity index (χ3v) is 7.72. The Morgan fingerprint density at radius 2 is 2.05 bits per heavy atom. The summed E-state index contributed by atoms with van der Waals surface area (Å²) in [7, 11) is 0. The number of ether oxygens (including phenoxy) is 1. The van der Waals surface area contributed by atoms with Crippen molar-refractivity contribution in [1.29, 1.82) is 0 Å². The van der Waals surface area contributed by atoms with Crippen LogP contribution in [0.4, 0.5) is 4.79 Å². The van der Waals surface area contributed by atoms with E-state index in [0.29, 0.717) is 26.1 Å². The Morgan fingerprint density at radius 1 is 1.26 bits per heavy atom. The zero-order chi connectivity index (χ0) is 27.4. The molecule has 0 bridgehead atoms. The van der Waals surface area contributed by atoms with Crippen LogP contribution < -0.4 is 4.74 Å². The molecule has 0 saturated carbocycles. The van der Waals surface area contributed by atoms with Crippen LogP contribution in [-0.4, -0.2) is 69.9 Å². The van der Waals surface area contributed by atoms with Crippen molar-refractivity contribution in [3.63, 3.8) is 0 Å². The summed E-state index contributed by atoms with van der Waals surface area (Å²) in [6.45, 7) is 19.0. The number of amides is 3. The lowest BCUT2D eigenvalue weighted by Crippen LogP contribution is -2.53. The summed E-state index contributed by atoms with van der Waals surface area (Å²) in [5, 5.41) is 1.02. The molecule has 2 atom stereocenters. The van der Waals surface area contributed by atoms with Crippen LogP contribution in [-0.2, 0) is 11.2 Å². The Labute approximate surface area is 226 Å². The van der Waals surface area contributed by atoms with Gasteiger partial charge in [-0.3, -0.25) is 14.6 Å². The number of hydrogen-bond donors (Lipinski definition) is 1. The van der Waals surface area contributed by atoms with E-state index in [9.17, 15) is 9.59 Å². The predicted octanol–water partition coefficient (Wildman–Crippen LogP) is 5.77. The fourth-order valence-electron chi connectivity index (χ4n) is 5.71. The Hall–Kier alpha value is -3.58. The van der Waals surface area contributed by atoms with Crippen molar-refractivity contribution in [2.45, 2.75) is 52.1 Å². The Kier molecular flexibility index (Phi) is 8.26. The maximum absolute atomic E-state index is 14.0. The number of allylic oxidation sites excluding steroid dienone is 3. The molecule has 4 rings (SSSR count). The van der Waals surface area contributed by atoms with E-state index in [1.165, 1.54) is 4.90 Å². The van der Waals surface area contributed by atoms with Gasteiger partial charge in [0, 0.05) is 42.7 Å². The highest BCUT2D eigenvalue weighted by Gasteiger charge is 2.60. The number of urea groups is 1. The number of aromatic amines is 1. The van der Waals surface area contributed by atoms with E-state index in [-0.39, 0.29) is 11.9 Å². The maximum atomic E-state index is 14.0. The quantitative estimate of drug-likeness (QED) is 0.221.